The highest BCUT2D eigenvalue weighted by atomic mass is 127. The summed E-state index contributed by atoms with van der Waals surface area (Å²) in [5, 5.41) is 0.0481. The van der Waals surface area contributed by atoms with Crippen LogP contribution in [0.25, 0.3) is 0 Å². The van der Waals surface area contributed by atoms with Crippen molar-refractivity contribution in [2.24, 2.45) is 5.73 Å². The third-order valence-electron chi connectivity index (χ3n) is 1.25. The summed E-state index contributed by atoms with van der Waals surface area (Å²) in [5.74, 6) is -1.13. The molecule has 2 N–H and O–H groups in total. The summed E-state index contributed by atoms with van der Waals surface area (Å²) in [7, 11) is 0. The minimum Gasteiger partial charge on any atom is -0.366 e. The molecule has 0 aromatic heterocycles. The van der Waals surface area contributed by atoms with Crippen molar-refractivity contribution in [3.63, 3.8) is 0 Å². The average molecular weight is 299 g/mol. The Labute approximate surface area is 87.0 Å². The fourth-order valence-electron chi connectivity index (χ4n) is 0.778. The van der Waals surface area contributed by atoms with E-state index in [9.17, 15) is 9.18 Å². The Morgan fingerprint density at radius 2 is 2.17 bits per heavy atom. The van der Waals surface area contributed by atoms with Gasteiger partial charge in [-0.2, -0.15) is 0 Å². The lowest BCUT2D eigenvalue weighted by molar-refractivity contribution is 0.0999. The molecular weight excluding hydrogens is 295 g/mol. The minimum atomic E-state index is -0.649. The zero-order valence-corrected chi connectivity index (χ0v) is 8.69. The van der Waals surface area contributed by atoms with Crippen LogP contribution in [0.2, 0.25) is 5.02 Å². The molecule has 0 aliphatic heterocycles. The number of benzene rings is 1. The summed E-state index contributed by atoms with van der Waals surface area (Å²) in [4.78, 5) is 10.8. The number of primary amides is 1. The highest BCUT2D eigenvalue weighted by Gasteiger charge is 2.12. The van der Waals surface area contributed by atoms with Crippen molar-refractivity contribution in [1.82, 2.24) is 0 Å². The molecule has 0 saturated carbocycles. The Morgan fingerprint density at radius 1 is 1.58 bits per heavy atom. The molecule has 1 aromatic carbocycles. The van der Waals surface area contributed by atoms with Crippen LogP contribution >= 0.6 is 34.2 Å². The fourth-order valence-corrected chi connectivity index (χ4v) is 2.09. The molecule has 0 radical (unpaired) electrons. The van der Waals surface area contributed by atoms with Gasteiger partial charge in [0.1, 0.15) is 5.82 Å². The van der Waals surface area contributed by atoms with E-state index in [0.29, 0.717) is 3.57 Å². The summed E-state index contributed by atoms with van der Waals surface area (Å²) in [6.07, 6.45) is 0. The lowest BCUT2D eigenvalue weighted by Crippen LogP contribution is -2.13. The van der Waals surface area contributed by atoms with E-state index in [1.807, 2.05) is 0 Å². The summed E-state index contributed by atoms with van der Waals surface area (Å²) >= 11 is 7.39. The van der Waals surface area contributed by atoms with Crippen molar-refractivity contribution in [1.29, 1.82) is 0 Å². The van der Waals surface area contributed by atoms with Gasteiger partial charge in [-0.1, -0.05) is 11.6 Å². The van der Waals surface area contributed by atoms with E-state index >= 15 is 0 Å². The third-order valence-corrected chi connectivity index (χ3v) is 2.40. The SMILES string of the molecule is NC(=O)c1c(Cl)cc(F)cc1I. The maximum absolute atomic E-state index is 12.6. The number of nitrogens with two attached hydrogens (primary N) is 1. The molecule has 0 fully saturated rings. The summed E-state index contributed by atoms with van der Waals surface area (Å²) in [5.41, 5.74) is 5.18. The second-order valence-corrected chi connectivity index (χ2v) is 3.68. The Hall–Kier alpha value is -0.360. The third kappa shape index (κ3) is 1.87. The molecule has 1 aromatic rings. The number of rotatable bonds is 1. The quantitative estimate of drug-likeness (QED) is 0.794. The average Bonchev–Trinajstić information content (AvgIpc) is 1.82. The summed E-state index contributed by atoms with van der Waals surface area (Å²) in [6.45, 7) is 0. The Bertz CT molecular complexity index is 319. The van der Waals surface area contributed by atoms with Gasteiger partial charge in [0.15, 0.2) is 0 Å². The van der Waals surface area contributed by atoms with Crippen LogP contribution in [0.3, 0.4) is 0 Å². The molecular formula is C7H4ClFINO. The van der Waals surface area contributed by atoms with Crippen LogP contribution in [-0.4, -0.2) is 5.91 Å². The molecule has 5 heteroatoms. The van der Waals surface area contributed by atoms with Gasteiger partial charge in [0.2, 0.25) is 0 Å². The molecule has 1 amide bonds. The van der Waals surface area contributed by atoms with E-state index < -0.39 is 11.7 Å². The fraction of sp³-hybridized carbons (Fsp3) is 0. The predicted molar refractivity (Wildman–Crippen MR) is 52.6 cm³/mol. The van der Waals surface area contributed by atoms with Crippen LogP contribution in [0, 0.1) is 9.39 Å². The zero-order chi connectivity index (χ0) is 9.30. The number of amides is 1. The van der Waals surface area contributed by atoms with Crippen molar-refractivity contribution in [3.8, 4) is 0 Å². The van der Waals surface area contributed by atoms with Gasteiger partial charge in [0.05, 0.1) is 10.6 Å². The second kappa shape index (κ2) is 3.57. The molecule has 64 valence electrons. The molecule has 0 saturated heterocycles. The molecule has 0 atom stereocenters. The first-order chi connectivity index (χ1) is 5.52. The number of hydrogen-bond acceptors (Lipinski definition) is 1. The topological polar surface area (TPSA) is 43.1 Å². The summed E-state index contributed by atoms with van der Waals surface area (Å²) < 4.78 is 13.1. The molecule has 0 aliphatic rings. The van der Waals surface area contributed by atoms with E-state index in [1.54, 1.807) is 22.6 Å². The van der Waals surface area contributed by atoms with E-state index in [4.69, 9.17) is 17.3 Å². The van der Waals surface area contributed by atoms with Gasteiger partial charge in [-0.25, -0.2) is 4.39 Å². The van der Waals surface area contributed by atoms with Gasteiger partial charge >= 0.3 is 0 Å². The van der Waals surface area contributed by atoms with Crippen LogP contribution in [-0.2, 0) is 0 Å². The maximum Gasteiger partial charge on any atom is 0.251 e. The number of halogens is 3. The highest BCUT2D eigenvalue weighted by molar-refractivity contribution is 14.1. The van der Waals surface area contributed by atoms with Crippen molar-refractivity contribution in [2.45, 2.75) is 0 Å². The maximum atomic E-state index is 12.6. The van der Waals surface area contributed by atoms with E-state index in [0.717, 1.165) is 6.07 Å². The van der Waals surface area contributed by atoms with Gasteiger partial charge in [-0.05, 0) is 34.7 Å². The molecule has 0 heterocycles. The van der Waals surface area contributed by atoms with Gasteiger partial charge in [0, 0.05) is 3.57 Å². The largest absolute Gasteiger partial charge is 0.366 e. The van der Waals surface area contributed by atoms with Crippen molar-refractivity contribution in [3.05, 3.63) is 32.1 Å². The van der Waals surface area contributed by atoms with E-state index in [1.165, 1.54) is 6.07 Å². The first-order valence-corrected chi connectivity index (χ1v) is 4.42. The number of hydrogen-bond donors (Lipinski definition) is 1. The van der Waals surface area contributed by atoms with Crippen molar-refractivity contribution >= 4 is 40.1 Å². The molecule has 1 rings (SSSR count). The van der Waals surface area contributed by atoms with Gasteiger partial charge < -0.3 is 5.73 Å². The highest BCUT2D eigenvalue weighted by Crippen LogP contribution is 2.22. The lowest BCUT2D eigenvalue weighted by Gasteiger charge is -2.02. The van der Waals surface area contributed by atoms with Gasteiger partial charge in [0.25, 0.3) is 5.91 Å². The summed E-state index contributed by atoms with van der Waals surface area (Å²) in [6, 6.07) is 2.26. The molecule has 0 spiro atoms. The first-order valence-electron chi connectivity index (χ1n) is 2.96. The van der Waals surface area contributed by atoms with Crippen molar-refractivity contribution < 1.29 is 9.18 Å². The van der Waals surface area contributed by atoms with Crippen LogP contribution in [0.1, 0.15) is 10.4 Å². The van der Waals surface area contributed by atoms with Crippen molar-refractivity contribution in [2.75, 3.05) is 0 Å². The van der Waals surface area contributed by atoms with Crippen LogP contribution in [0.5, 0.6) is 0 Å². The van der Waals surface area contributed by atoms with Crippen LogP contribution < -0.4 is 5.73 Å². The van der Waals surface area contributed by atoms with E-state index in [2.05, 4.69) is 0 Å². The zero-order valence-electron chi connectivity index (χ0n) is 5.77. The normalized spacial score (nSPS) is 9.92. The van der Waals surface area contributed by atoms with Crippen LogP contribution in [0.4, 0.5) is 4.39 Å². The molecule has 2 nitrogen and oxygen atoms in total. The van der Waals surface area contributed by atoms with Gasteiger partial charge in [-0.15, -0.1) is 0 Å². The molecule has 12 heavy (non-hydrogen) atoms. The molecule has 0 unspecified atom stereocenters. The van der Waals surface area contributed by atoms with E-state index in [-0.39, 0.29) is 10.6 Å². The number of carbonyl (C=O) groups excluding carboxylic acids is 1. The van der Waals surface area contributed by atoms with Crippen LogP contribution in [0.15, 0.2) is 12.1 Å². The van der Waals surface area contributed by atoms with Gasteiger partial charge in [-0.3, -0.25) is 4.79 Å². The monoisotopic (exact) mass is 299 g/mol. The Kier molecular flexibility index (Phi) is 2.89. The standard InChI is InChI=1S/C7H4ClFINO/c8-4-1-3(9)2-5(10)6(4)7(11)12/h1-2H,(H2,11,12). The minimum absolute atomic E-state index is 0.0481. The second-order valence-electron chi connectivity index (χ2n) is 2.11. The predicted octanol–water partition coefficient (Wildman–Crippen LogP) is 2.18. The Morgan fingerprint density at radius 3 is 2.58 bits per heavy atom. The molecule has 0 aliphatic carbocycles. The Balaban J connectivity index is 3.38. The molecule has 0 bridgehead atoms. The smallest absolute Gasteiger partial charge is 0.251 e. The number of carbonyl (C=O) groups is 1. The lowest BCUT2D eigenvalue weighted by atomic mass is 10.2. The first kappa shape index (κ1) is 9.73.